The van der Waals surface area contributed by atoms with E-state index in [-0.39, 0.29) is 41.2 Å². The second kappa shape index (κ2) is 15.5. The summed E-state index contributed by atoms with van der Waals surface area (Å²) in [5.74, 6) is -2.34. The zero-order valence-corrected chi connectivity index (χ0v) is 33.9. The summed E-state index contributed by atoms with van der Waals surface area (Å²) >= 11 is 0. The van der Waals surface area contributed by atoms with E-state index >= 15 is 0 Å². The summed E-state index contributed by atoms with van der Waals surface area (Å²) in [4.78, 5) is 69.9. The van der Waals surface area contributed by atoms with E-state index in [0.29, 0.717) is 18.5 Å². The van der Waals surface area contributed by atoms with Crippen molar-refractivity contribution in [3.05, 3.63) is 42.5 Å². The maximum Gasteiger partial charge on any atom is 0.315 e. The van der Waals surface area contributed by atoms with Gasteiger partial charge in [0.2, 0.25) is 27.6 Å². The molecule has 14 heteroatoms. The van der Waals surface area contributed by atoms with Gasteiger partial charge in [-0.25, -0.2) is 13.2 Å². The summed E-state index contributed by atoms with van der Waals surface area (Å²) in [6.07, 6.45) is 3.63. The number of likely N-dealkylation sites (tertiary alicyclic amines) is 1. The maximum atomic E-state index is 14.5. The Morgan fingerprint density at radius 1 is 1.00 bits per heavy atom. The van der Waals surface area contributed by atoms with Gasteiger partial charge in [0, 0.05) is 32.7 Å². The van der Waals surface area contributed by atoms with E-state index < -0.39 is 74.6 Å². The van der Waals surface area contributed by atoms with Crippen molar-refractivity contribution >= 4 is 39.6 Å². The Hall–Kier alpha value is -3.78. The number of likely N-dealkylation sites (N-methyl/N-ethyl adjacent to an activating group) is 1. The molecule has 2 saturated carbocycles. The van der Waals surface area contributed by atoms with E-state index in [9.17, 15) is 32.4 Å². The summed E-state index contributed by atoms with van der Waals surface area (Å²) in [6, 6.07) is 2.44. The number of aryl methyl sites for hydroxylation is 1. The van der Waals surface area contributed by atoms with Crippen LogP contribution in [0, 0.1) is 40.9 Å². The van der Waals surface area contributed by atoms with E-state index in [1.807, 2.05) is 41.5 Å². The molecular formula is C39H60N6O7S. The second-order valence-corrected chi connectivity index (χ2v) is 19.9. The highest BCUT2D eigenvalue weighted by Gasteiger charge is 2.70. The number of carbonyl (C=O) groups excluding carboxylic acids is 5. The number of hydrogen-bond donors (Lipinski definition) is 4. The summed E-state index contributed by atoms with van der Waals surface area (Å²) in [7, 11) is -2.39. The standard InChI is InChI=1S/C39H60N6O7S/c1-12-19-40-34(48)31(46)26(20-24-17-18-24)41-33(47)30-29-25(39(29,9)10)21-45(30)35(49)32(38(6,7)8)43-36(50)42-28(37(3,4)5)22-44(11)53(51,52)27-16-14-13-15-23(27)2/h12-16,24-26,28-30,32H,1,17-22H2,2-11H3,(H,40,48)(H,41,47)(H2,42,43,50)/t25-,26?,28+,29-,30-,32+/m0/s1. The largest absolute Gasteiger partial charge is 0.346 e. The third-order valence-electron chi connectivity index (χ3n) is 11.3. The number of nitrogens with zero attached hydrogens (tertiary/aromatic N) is 2. The van der Waals surface area contributed by atoms with Gasteiger partial charge in [-0.05, 0) is 59.0 Å². The van der Waals surface area contributed by atoms with Gasteiger partial charge in [0.15, 0.2) is 0 Å². The van der Waals surface area contributed by atoms with E-state index in [1.54, 1.807) is 31.2 Å². The molecule has 0 radical (unpaired) electrons. The van der Waals surface area contributed by atoms with Crippen LogP contribution in [-0.4, -0.2) is 98.0 Å². The molecule has 1 saturated heterocycles. The van der Waals surface area contributed by atoms with Crippen LogP contribution in [0.4, 0.5) is 4.79 Å². The highest BCUT2D eigenvalue weighted by molar-refractivity contribution is 7.89. The van der Waals surface area contributed by atoms with Crippen LogP contribution in [0.2, 0.25) is 0 Å². The molecular weight excluding hydrogens is 697 g/mol. The normalized spacial score (nSPS) is 22.5. The molecule has 1 heterocycles. The first kappa shape index (κ1) is 42.0. The molecule has 53 heavy (non-hydrogen) atoms. The lowest BCUT2D eigenvalue weighted by Gasteiger charge is -2.39. The molecule has 0 bridgehead atoms. The minimum absolute atomic E-state index is 0.0269. The molecule has 1 aromatic carbocycles. The Kier molecular flexibility index (Phi) is 12.3. The molecule has 4 rings (SSSR count). The lowest BCUT2D eigenvalue weighted by molar-refractivity contribution is -0.145. The molecule has 4 N–H and O–H groups in total. The van der Waals surface area contributed by atoms with Gasteiger partial charge < -0.3 is 26.2 Å². The van der Waals surface area contributed by atoms with Crippen LogP contribution in [0.5, 0.6) is 0 Å². The van der Waals surface area contributed by atoms with Crippen LogP contribution in [0.3, 0.4) is 0 Å². The van der Waals surface area contributed by atoms with Crippen molar-refractivity contribution in [2.24, 2.45) is 34.0 Å². The highest BCUT2D eigenvalue weighted by Crippen LogP contribution is 2.65. The predicted molar refractivity (Wildman–Crippen MR) is 203 cm³/mol. The molecule has 6 atom stereocenters. The van der Waals surface area contributed by atoms with Crippen LogP contribution in [0.15, 0.2) is 41.8 Å². The Morgan fingerprint density at radius 3 is 2.17 bits per heavy atom. The van der Waals surface area contributed by atoms with E-state index in [2.05, 4.69) is 41.7 Å². The second-order valence-electron chi connectivity index (χ2n) is 17.9. The number of sulfonamides is 1. The molecule has 2 aliphatic carbocycles. The quantitative estimate of drug-likeness (QED) is 0.157. The van der Waals surface area contributed by atoms with Gasteiger partial charge in [0.25, 0.3) is 5.91 Å². The van der Waals surface area contributed by atoms with Gasteiger partial charge in [-0.2, -0.15) is 4.31 Å². The number of rotatable bonds is 15. The first-order chi connectivity index (χ1) is 24.4. The number of Topliss-reactive ketones (excluding diaryl/α,β-unsaturated/α-hetero) is 1. The molecule has 1 aromatic rings. The average Bonchev–Trinajstić information content (AvgIpc) is 3.91. The van der Waals surface area contributed by atoms with Crippen LogP contribution in [0.25, 0.3) is 0 Å². The number of amides is 5. The molecule has 3 fully saturated rings. The molecule has 1 unspecified atom stereocenters. The molecule has 0 aromatic heterocycles. The number of fused-ring (bicyclic) bond motifs is 1. The first-order valence-corrected chi connectivity index (χ1v) is 20.0. The predicted octanol–water partition coefficient (Wildman–Crippen LogP) is 3.38. The maximum absolute atomic E-state index is 14.5. The Morgan fingerprint density at radius 2 is 1.62 bits per heavy atom. The van der Waals surface area contributed by atoms with E-state index in [1.165, 1.54) is 22.3 Å². The molecule has 0 spiro atoms. The molecule has 5 amide bonds. The topological polar surface area (TPSA) is 174 Å². The van der Waals surface area contributed by atoms with Crippen molar-refractivity contribution in [1.29, 1.82) is 0 Å². The van der Waals surface area contributed by atoms with Crippen molar-refractivity contribution in [2.75, 3.05) is 26.7 Å². The SMILES string of the molecule is C=CCNC(=O)C(=O)C(CC1CC1)NC(=O)[C@@H]1[C@@H]2[C@H](CN1C(=O)[C@@H](NC(=O)N[C@H](CN(C)S(=O)(=O)c1ccccc1C)C(C)(C)C)C(C)(C)C)C2(C)C. The molecule has 1 aliphatic heterocycles. The molecule has 294 valence electrons. The summed E-state index contributed by atoms with van der Waals surface area (Å²) in [5, 5.41) is 11.2. The summed E-state index contributed by atoms with van der Waals surface area (Å²) < 4.78 is 28.3. The van der Waals surface area contributed by atoms with E-state index in [4.69, 9.17) is 0 Å². The number of hydrogen-bond acceptors (Lipinski definition) is 7. The monoisotopic (exact) mass is 756 g/mol. The van der Waals surface area contributed by atoms with Crippen molar-refractivity contribution in [3.8, 4) is 0 Å². The van der Waals surface area contributed by atoms with Gasteiger partial charge >= 0.3 is 6.03 Å². The Labute approximate surface area is 315 Å². The lowest BCUT2D eigenvalue weighted by atomic mass is 9.85. The first-order valence-electron chi connectivity index (χ1n) is 18.6. The third kappa shape index (κ3) is 9.48. The number of urea groups is 1. The summed E-state index contributed by atoms with van der Waals surface area (Å²) in [6.45, 7) is 20.9. The van der Waals surface area contributed by atoms with Crippen LogP contribution < -0.4 is 21.3 Å². The van der Waals surface area contributed by atoms with E-state index in [0.717, 1.165) is 12.8 Å². The Balaban J connectivity index is 1.53. The van der Waals surface area contributed by atoms with Gasteiger partial charge in [-0.15, -0.1) is 6.58 Å². The number of piperidine rings is 1. The minimum atomic E-state index is -3.87. The van der Waals surface area contributed by atoms with Crippen molar-refractivity contribution in [2.45, 2.75) is 111 Å². The Bertz CT molecular complexity index is 1710. The fraction of sp³-hybridized carbons (Fsp3) is 0.667. The zero-order chi connectivity index (χ0) is 39.8. The van der Waals surface area contributed by atoms with Gasteiger partial charge in [-0.3, -0.25) is 19.2 Å². The highest BCUT2D eigenvalue weighted by atomic mass is 32.2. The molecule has 3 aliphatic rings. The fourth-order valence-electron chi connectivity index (χ4n) is 7.45. The number of ketones is 1. The molecule has 13 nitrogen and oxygen atoms in total. The van der Waals surface area contributed by atoms with Crippen molar-refractivity contribution in [1.82, 2.24) is 30.5 Å². The number of benzene rings is 1. The fourth-order valence-corrected chi connectivity index (χ4v) is 8.86. The number of carbonyl (C=O) groups is 5. The average molecular weight is 757 g/mol. The summed E-state index contributed by atoms with van der Waals surface area (Å²) in [5.41, 5.74) is -0.968. The van der Waals surface area contributed by atoms with Crippen LogP contribution >= 0.6 is 0 Å². The zero-order valence-electron chi connectivity index (χ0n) is 33.0. The van der Waals surface area contributed by atoms with Gasteiger partial charge in [0.1, 0.15) is 12.1 Å². The lowest BCUT2D eigenvalue weighted by Crippen LogP contribution is -2.62. The van der Waals surface area contributed by atoms with Crippen LogP contribution in [0.1, 0.15) is 80.2 Å². The minimum Gasteiger partial charge on any atom is -0.346 e. The smallest absolute Gasteiger partial charge is 0.315 e. The van der Waals surface area contributed by atoms with Gasteiger partial charge in [0.05, 0.1) is 10.9 Å². The third-order valence-corrected chi connectivity index (χ3v) is 13.2. The number of nitrogens with one attached hydrogen (secondary N) is 4. The van der Waals surface area contributed by atoms with Crippen molar-refractivity contribution in [3.63, 3.8) is 0 Å². The van der Waals surface area contributed by atoms with Crippen LogP contribution in [-0.2, 0) is 29.2 Å². The van der Waals surface area contributed by atoms with Gasteiger partial charge in [-0.1, -0.05) is 92.5 Å². The van der Waals surface area contributed by atoms with Crippen molar-refractivity contribution < 1.29 is 32.4 Å².